The van der Waals surface area contributed by atoms with Gasteiger partial charge in [0, 0.05) is 19.4 Å². The number of rotatable bonds is 9. The Morgan fingerprint density at radius 3 is 2.58 bits per heavy atom. The summed E-state index contributed by atoms with van der Waals surface area (Å²) in [5, 5.41) is 0. The zero-order chi connectivity index (χ0) is 13.6. The fraction of sp³-hybridized carbons (Fsp3) is 0.882. The van der Waals surface area contributed by atoms with Crippen LogP contribution in [-0.4, -0.2) is 19.5 Å². The highest BCUT2D eigenvalue weighted by Crippen LogP contribution is 2.13. The van der Waals surface area contributed by atoms with E-state index in [9.17, 15) is 0 Å². The van der Waals surface area contributed by atoms with Crippen LogP contribution in [0.4, 0.5) is 0 Å². The van der Waals surface area contributed by atoms with Crippen LogP contribution in [0.1, 0.15) is 77.6 Å². The van der Waals surface area contributed by atoms with E-state index in [0.717, 1.165) is 25.9 Å². The average Bonchev–Trinajstić information content (AvgIpc) is 2.46. The van der Waals surface area contributed by atoms with Gasteiger partial charge in [-0.15, -0.1) is 11.8 Å². The van der Waals surface area contributed by atoms with Crippen molar-refractivity contribution in [2.45, 2.75) is 83.8 Å². The van der Waals surface area contributed by atoms with Gasteiger partial charge in [-0.1, -0.05) is 39.0 Å². The summed E-state index contributed by atoms with van der Waals surface area (Å²) in [4.78, 5) is 0. The normalized spacial score (nSPS) is 18.9. The Morgan fingerprint density at radius 1 is 1.00 bits per heavy atom. The highest BCUT2D eigenvalue weighted by Gasteiger charge is 2.12. The van der Waals surface area contributed by atoms with Gasteiger partial charge in [-0.25, -0.2) is 0 Å². The smallest absolute Gasteiger partial charge is 0.157 e. The van der Waals surface area contributed by atoms with Crippen molar-refractivity contribution in [2.24, 2.45) is 0 Å². The largest absolute Gasteiger partial charge is 0.353 e. The van der Waals surface area contributed by atoms with Crippen LogP contribution >= 0.6 is 0 Å². The Hall–Kier alpha value is -0.520. The zero-order valence-corrected chi connectivity index (χ0v) is 12.6. The maximum absolute atomic E-state index is 5.63. The van der Waals surface area contributed by atoms with E-state index in [4.69, 9.17) is 9.47 Å². The van der Waals surface area contributed by atoms with E-state index < -0.39 is 0 Å². The van der Waals surface area contributed by atoms with Gasteiger partial charge in [-0.3, -0.25) is 0 Å². The first-order valence-corrected chi connectivity index (χ1v) is 8.12. The summed E-state index contributed by atoms with van der Waals surface area (Å²) in [5.74, 6) is 6.44. The van der Waals surface area contributed by atoms with Crippen LogP contribution in [0.3, 0.4) is 0 Å². The predicted molar refractivity (Wildman–Crippen MR) is 79.9 cm³/mol. The fourth-order valence-corrected chi connectivity index (χ4v) is 2.25. The number of ether oxygens (including phenoxy) is 2. The summed E-state index contributed by atoms with van der Waals surface area (Å²) >= 11 is 0. The lowest BCUT2D eigenvalue weighted by Gasteiger charge is -2.22. The van der Waals surface area contributed by atoms with E-state index >= 15 is 0 Å². The predicted octanol–water partition coefficient (Wildman–Crippen LogP) is 4.67. The second-order valence-corrected chi connectivity index (χ2v) is 5.29. The summed E-state index contributed by atoms with van der Waals surface area (Å²) in [5.41, 5.74) is 0. The molecule has 1 rings (SSSR count). The third-order valence-electron chi connectivity index (χ3n) is 3.45. The minimum atomic E-state index is 0.0362. The van der Waals surface area contributed by atoms with Crippen LogP contribution in [0.5, 0.6) is 0 Å². The maximum Gasteiger partial charge on any atom is 0.157 e. The van der Waals surface area contributed by atoms with Gasteiger partial charge >= 0.3 is 0 Å². The van der Waals surface area contributed by atoms with Crippen LogP contribution in [0.2, 0.25) is 0 Å². The molecule has 0 N–H and O–H groups in total. The molecule has 0 bridgehead atoms. The van der Waals surface area contributed by atoms with Gasteiger partial charge in [-0.2, -0.15) is 0 Å². The molecule has 110 valence electrons. The van der Waals surface area contributed by atoms with Crippen molar-refractivity contribution in [3.63, 3.8) is 0 Å². The van der Waals surface area contributed by atoms with Crippen LogP contribution in [0, 0.1) is 11.8 Å². The first-order valence-electron chi connectivity index (χ1n) is 8.12. The Morgan fingerprint density at radius 2 is 1.79 bits per heavy atom. The SMILES string of the molecule is CCCCCCCCC#CCCOC1CCCCO1. The second-order valence-electron chi connectivity index (χ2n) is 5.29. The van der Waals surface area contributed by atoms with E-state index in [1.54, 1.807) is 0 Å². The van der Waals surface area contributed by atoms with Crippen molar-refractivity contribution in [3.05, 3.63) is 0 Å². The summed E-state index contributed by atoms with van der Waals surface area (Å²) in [6.45, 7) is 3.83. The van der Waals surface area contributed by atoms with Gasteiger partial charge < -0.3 is 9.47 Å². The van der Waals surface area contributed by atoms with E-state index in [2.05, 4.69) is 18.8 Å². The molecular weight excluding hydrogens is 236 g/mol. The molecule has 0 radical (unpaired) electrons. The van der Waals surface area contributed by atoms with Gasteiger partial charge in [-0.05, 0) is 25.7 Å². The highest BCUT2D eigenvalue weighted by atomic mass is 16.7. The number of unbranched alkanes of at least 4 members (excludes halogenated alkanes) is 6. The van der Waals surface area contributed by atoms with Crippen LogP contribution in [0.25, 0.3) is 0 Å². The molecule has 0 amide bonds. The Labute approximate surface area is 119 Å². The summed E-state index contributed by atoms with van der Waals surface area (Å²) in [6.07, 6.45) is 13.4. The molecular formula is C17H30O2. The first kappa shape index (κ1) is 16.5. The minimum Gasteiger partial charge on any atom is -0.353 e. The molecule has 0 aliphatic carbocycles. The molecule has 1 fully saturated rings. The number of hydrogen-bond donors (Lipinski definition) is 0. The molecule has 1 unspecified atom stereocenters. The van der Waals surface area contributed by atoms with Gasteiger partial charge in [0.25, 0.3) is 0 Å². The van der Waals surface area contributed by atoms with Gasteiger partial charge in [0.05, 0.1) is 6.61 Å². The lowest BCUT2D eigenvalue weighted by Crippen LogP contribution is -2.22. The van der Waals surface area contributed by atoms with Crippen LogP contribution in [-0.2, 0) is 9.47 Å². The standard InChI is InChI=1S/C17H30O2/c1-2-3-4-5-6-7-8-9-10-12-15-18-17-14-11-13-16-19-17/h17H,2-8,11-16H2,1H3. The zero-order valence-electron chi connectivity index (χ0n) is 12.6. The second kappa shape index (κ2) is 12.5. The number of hydrogen-bond acceptors (Lipinski definition) is 2. The fourth-order valence-electron chi connectivity index (χ4n) is 2.25. The molecule has 1 aliphatic rings. The summed E-state index contributed by atoms with van der Waals surface area (Å²) in [7, 11) is 0. The highest BCUT2D eigenvalue weighted by molar-refractivity contribution is 4.98. The van der Waals surface area contributed by atoms with Gasteiger partial charge in [0.1, 0.15) is 0 Å². The van der Waals surface area contributed by atoms with Crippen LogP contribution in [0.15, 0.2) is 0 Å². The molecule has 2 heteroatoms. The molecule has 0 spiro atoms. The molecule has 1 saturated heterocycles. The van der Waals surface area contributed by atoms with E-state index in [0.29, 0.717) is 6.61 Å². The Balaban J connectivity index is 1.82. The van der Waals surface area contributed by atoms with Crippen molar-refractivity contribution in [1.29, 1.82) is 0 Å². The Bertz CT molecular complexity index is 246. The van der Waals surface area contributed by atoms with Crippen molar-refractivity contribution in [2.75, 3.05) is 13.2 Å². The van der Waals surface area contributed by atoms with Crippen molar-refractivity contribution < 1.29 is 9.47 Å². The van der Waals surface area contributed by atoms with E-state index in [1.165, 1.54) is 51.4 Å². The molecule has 0 aromatic heterocycles. The van der Waals surface area contributed by atoms with E-state index in [1.807, 2.05) is 0 Å². The molecule has 2 nitrogen and oxygen atoms in total. The Kier molecular flexibility index (Phi) is 10.9. The maximum atomic E-state index is 5.63. The summed E-state index contributed by atoms with van der Waals surface area (Å²) in [6, 6.07) is 0. The lowest BCUT2D eigenvalue weighted by atomic mass is 10.1. The monoisotopic (exact) mass is 266 g/mol. The molecule has 0 saturated carbocycles. The molecule has 1 aliphatic heterocycles. The lowest BCUT2D eigenvalue weighted by molar-refractivity contribution is -0.161. The van der Waals surface area contributed by atoms with Crippen LogP contribution < -0.4 is 0 Å². The molecule has 19 heavy (non-hydrogen) atoms. The quantitative estimate of drug-likeness (QED) is 0.446. The molecule has 1 heterocycles. The molecule has 0 aromatic carbocycles. The first-order chi connectivity index (χ1) is 9.43. The topological polar surface area (TPSA) is 18.5 Å². The average molecular weight is 266 g/mol. The molecule has 1 atom stereocenters. The van der Waals surface area contributed by atoms with Gasteiger partial charge in [0.2, 0.25) is 0 Å². The van der Waals surface area contributed by atoms with Gasteiger partial charge in [0.15, 0.2) is 6.29 Å². The van der Waals surface area contributed by atoms with E-state index in [-0.39, 0.29) is 6.29 Å². The third-order valence-corrected chi connectivity index (χ3v) is 3.45. The van der Waals surface area contributed by atoms with Crippen molar-refractivity contribution in [1.82, 2.24) is 0 Å². The van der Waals surface area contributed by atoms with Crippen molar-refractivity contribution >= 4 is 0 Å². The third kappa shape index (κ3) is 9.99. The molecule has 0 aromatic rings. The minimum absolute atomic E-state index is 0.0362. The summed E-state index contributed by atoms with van der Waals surface area (Å²) < 4.78 is 11.1. The van der Waals surface area contributed by atoms with Crippen molar-refractivity contribution in [3.8, 4) is 11.8 Å².